The molecule has 3 rings (SSSR count). The van der Waals surface area contributed by atoms with Gasteiger partial charge in [0.15, 0.2) is 0 Å². The number of carbonyl (C=O) groups is 1. The van der Waals surface area contributed by atoms with E-state index in [0.717, 1.165) is 12.1 Å². The minimum Gasteiger partial charge on any atom is -0.410 e. The third-order valence-electron chi connectivity index (χ3n) is 5.72. The summed E-state index contributed by atoms with van der Waals surface area (Å²) in [6.45, 7) is 9.12. The number of amides is 1. The molecule has 0 bridgehead atoms. The molecule has 1 unspecified atom stereocenters. The summed E-state index contributed by atoms with van der Waals surface area (Å²) in [4.78, 5) is 13.3. The van der Waals surface area contributed by atoms with Crippen molar-refractivity contribution in [1.29, 1.82) is 0 Å². The van der Waals surface area contributed by atoms with Gasteiger partial charge < -0.3 is 15.0 Å². The number of benzene rings is 2. The molecule has 1 atom stereocenters. The van der Waals surface area contributed by atoms with Crippen LogP contribution in [0.15, 0.2) is 48.5 Å². The Balaban J connectivity index is 1.91. The molecule has 0 aromatic heterocycles. The maximum Gasteiger partial charge on any atom is 0.414 e. The van der Waals surface area contributed by atoms with Gasteiger partial charge in [-0.2, -0.15) is 0 Å². The molecule has 0 aliphatic carbocycles. The van der Waals surface area contributed by atoms with Gasteiger partial charge in [0, 0.05) is 31.2 Å². The van der Waals surface area contributed by atoms with Crippen molar-refractivity contribution in [3.8, 4) is 5.75 Å². The zero-order valence-corrected chi connectivity index (χ0v) is 17.2. The van der Waals surface area contributed by atoms with Crippen LogP contribution in [0, 0.1) is 0 Å². The van der Waals surface area contributed by atoms with Crippen molar-refractivity contribution >= 4 is 11.8 Å². The highest BCUT2D eigenvalue weighted by atomic mass is 16.6. The lowest BCUT2D eigenvalue weighted by Gasteiger charge is -2.45. The Morgan fingerprint density at radius 3 is 2.44 bits per heavy atom. The number of nitrogens with zero attached hydrogens (tertiary/aromatic N) is 1. The fraction of sp³-hybridized carbons (Fsp3) is 0.435. The molecule has 2 aromatic rings. The second-order valence-corrected chi connectivity index (χ2v) is 8.84. The normalized spacial score (nSPS) is 18.2. The van der Waals surface area contributed by atoms with Crippen molar-refractivity contribution in [1.82, 2.24) is 4.90 Å². The molecule has 1 amide bonds. The highest BCUT2D eigenvalue weighted by Crippen LogP contribution is 2.45. The lowest BCUT2D eigenvalue weighted by molar-refractivity contribution is 0.171. The summed E-state index contributed by atoms with van der Waals surface area (Å²) in [6, 6.07) is 16.9. The molecule has 1 aliphatic heterocycles. The smallest absolute Gasteiger partial charge is 0.410 e. The number of nitrogens with one attached hydrogen (secondary N) is 1. The summed E-state index contributed by atoms with van der Waals surface area (Å²) in [7, 11) is 3.37. The predicted octanol–water partition coefficient (Wildman–Crippen LogP) is 5.19. The fourth-order valence-corrected chi connectivity index (χ4v) is 3.83. The monoisotopic (exact) mass is 366 g/mol. The molecule has 0 saturated carbocycles. The van der Waals surface area contributed by atoms with Gasteiger partial charge in [-0.25, -0.2) is 4.79 Å². The first-order chi connectivity index (χ1) is 12.6. The van der Waals surface area contributed by atoms with E-state index in [2.05, 4.69) is 63.3 Å². The first kappa shape index (κ1) is 19.3. The number of anilines is 1. The third-order valence-corrected chi connectivity index (χ3v) is 5.72. The quantitative estimate of drug-likeness (QED) is 0.813. The SMILES string of the molecule is CN(C)C(=O)Oc1ccc2c(c1)C(C)(C)CC(C(C)(C)c1ccccc1)N2. The van der Waals surface area contributed by atoms with Crippen LogP contribution in [0.4, 0.5) is 10.5 Å². The molecule has 1 heterocycles. The van der Waals surface area contributed by atoms with Crippen LogP contribution in [-0.2, 0) is 10.8 Å². The standard InChI is InChI=1S/C23H30N2O2/c1-22(2)15-20(23(3,4)16-10-8-7-9-11-16)24-19-13-12-17(14-18(19)22)27-21(26)25(5)6/h7-14,20,24H,15H2,1-6H3. The molecular weight excluding hydrogens is 336 g/mol. The Kier molecular flexibility index (Phi) is 4.94. The van der Waals surface area contributed by atoms with E-state index in [4.69, 9.17) is 4.74 Å². The van der Waals surface area contributed by atoms with E-state index >= 15 is 0 Å². The van der Waals surface area contributed by atoms with Gasteiger partial charge in [-0.05, 0) is 41.2 Å². The molecule has 0 spiro atoms. The molecule has 0 fully saturated rings. The summed E-state index contributed by atoms with van der Waals surface area (Å²) in [6.07, 6.45) is 0.632. The molecule has 2 aromatic carbocycles. The fourth-order valence-electron chi connectivity index (χ4n) is 3.83. The lowest BCUT2D eigenvalue weighted by Crippen LogP contribution is -2.47. The molecule has 4 heteroatoms. The maximum atomic E-state index is 11.9. The first-order valence-electron chi connectivity index (χ1n) is 9.47. The molecular formula is C23H30N2O2. The van der Waals surface area contributed by atoms with Crippen LogP contribution < -0.4 is 10.1 Å². The molecule has 0 radical (unpaired) electrons. The molecule has 4 nitrogen and oxygen atoms in total. The van der Waals surface area contributed by atoms with Gasteiger partial charge in [-0.3, -0.25) is 0 Å². The van der Waals surface area contributed by atoms with Gasteiger partial charge in [0.25, 0.3) is 0 Å². The molecule has 144 valence electrons. The van der Waals surface area contributed by atoms with Gasteiger partial charge in [0.05, 0.1) is 0 Å². The Labute approximate surface area is 162 Å². The second-order valence-electron chi connectivity index (χ2n) is 8.84. The zero-order valence-electron chi connectivity index (χ0n) is 17.2. The molecule has 1 N–H and O–H groups in total. The second kappa shape index (κ2) is 6.91. The average Bonchev–Trinajstić information content (AvgIpc) is 2.62. The first-order valence-corrected chi connectivity index (χ1v) is 9.47. The highest BCUT2D eigenvalue weighted by molar-refractivity contribution is 5.71. The van der Waals surface area contributed by atoms with E-state index < -0.39 is 0 Å². The molecule has 0 saturated heterocycles. The Hall–Kier alpha value is -2.49. The summed E-state index contributed by atoms with van der Waals surface area (Å²) in [5.41, 5.74) is 3.60. The maximum absolute atomic E-state index is 11.9. The number of hydrogen-bond donors (Lipinski definition) is 1. The summed E-state index contributed by atoms with van der Waals surface area (Å²) >= 11 is 0. The minimum absolute atomic E-state index is 0.00766. The van der Waals surface area contributed by atoms with Crippen molar-refractivity contribution in [2.75, 3.05) is 19.4 Å². The summed E-state index contributed by atoms with van der Waals surface area (Å²) < 4.78 is 5.46. The van der Waals surface area contributed by atoms with Crippen LogP contribution >= 0.6 is 0 Å². The van der Waals surface area contributed by atoms with E-state index in [0.29, 0.717) is 11.8 Å². The van der Waals surface area contributed by atoms with Crippen LogP contribution in [0.2, 0.25) is 0 Å². The van der Waals surface area contributed by atoms with Crippen LogP contribution in [-0.4, -0.2) is 31.1 Å². The Morgan fingerprint density at radius 1 is 1.15 bits per heavy atom. The predicted molar refractivity (Wildman–Crippen MR) is 111 cm³/mol. The van der Waals surface area contributed by atoms with Crippen LogP contribution in [0.25, 0.3) is 0 Å². The largest absolute Gasteiger partial charge is 0.414 e. The number of rotatable bonds is 3. The Bertz CT molecular complexity index is 826. The highest BCUT2D eigenvalue weighted by Gasteiger charge is 2.40. The van der Waals surface area contributed by atoms with Gasteiger partial charge in [-0.1, -0.05) is 58.0 Å². The third kappa shape index (κ3) is 3.80. The van der Waals surface area contributed by atoms with Crippen molar-refractivity contribution in [3.05, 3.63) is 59.7 Å². The minimum atomic E-state index is -0.361. The van der Waals surface area contributed by atoms with Crippen molar-refractivity contribution in [2.24, 2.45) is 0 Å². The van der Waals surface area contributed by atoms with Gasteiger partial charge >= 0.3 is 6.09 Å². The number of hydrogen-bond acceptors (Lipinski definition) is 3. The van der Waals surface area contributed by atoms with E-state index in [1.807, 2.05) is 18.2 Å². The number of fused-ring (bicyclic) bond motifs is 1. The summed E-state index contributed by atoms with van der Waals surface area (Å²) in [5.74, 6) is 0.586. The zero-order chi connectivity index (χ0) is 19.8. The Morgan fingerprint density at radius 2 is 1.81 bits per heavy atom. The van der Waals surface area contributed by atoms with Crippen LogP contribution in [0.3, 0.4) is 0 Å². The molecule has 1 aliphatic rings. The van der Waals surface area contributed by atoms with E-state index in [1.54, 1.807) is 14.1 Å². The topological polar surface area (TPSA) is 41.6 Å². The van der Waals surface area contributed by atoms with Crippen molar-refractivity contribution in [3.63, 3.8) is 0 Å². The number of ether oxygens (including phenoxy) is 1. The van der Waals surface area contributed by atoms with Gasteiger partial charge in [-0.15, -0.1) is 0 Å². The lowest BCUT2D eigenvalue weighted by atomic mass is 9.67. The van der Waals surface area contributed by atoms with Gasteiger partial charge in [0.2, 0.25) is 0 Å². The van der Waals surface area contributed by atoms with Gasteiger partial charge in [0.1, 0.15) is 5.75 Å². The van der Waals surface area contributed by atoms with E-state index in [-0.39, 0.29) is 16.9 Å². The van der Waals surface area contributed by atoms with Crippen LogP contribution in [0.5, 0.6) is 5.75 Å². The van der Waals surface area contributed by atoms with E-state index in [9.17, 15) is 4.79 Å². The van der Waals surface area contributed by atoms with Crippen LogP contribution in [0.1, 0.15) is 45.2 Å². The average molecular weight is 367 g/mol. The molecule has 27 heavy (non-hydrogen) atoms. The summed E-state index contributed by atoms with van der Waals surface area (Å²) in [5, 5.41) is 3.74. The van der Waals surface area contributed by atoms with Crippen molar-refractivity contribution in [2.45, 2.75) is 51.0 Å². The number of carbonyl (C=O) groups excluding carboxylic acids is 1. The van der Waals surface area contributed by atoms with Crippen molar-refractivity contribution < 1.29 is 9.53 Å². The van der Waals surface area contributed by atoms with E-state index in [1.165, 1.54) is 16.0 Å².